The fraction of sp³-hybridized carbons (Fsp3) is 0.188. The third-order valence-electron chi connectivity index (χ3n) is 3.19. The molecule has 0 amide bonds. The molecule has 0 bridgehead atoms. The van der Waals surface area contributed by atoms with Crippen LogP contribution in [0.25, 0.3) is 0 Å². The van der Waals surface area contributed by atoms with Crippen LogP contribution in [0.2, 0.25) is 10.0 Å². The van der Waals surface area contributed by atoms with Crippen LogP contribution in [0.3, 0.4) is 0 Å². The third kappa shape index (κ3) is 3.69. The van der Waals surface area contributed by atoms with Crippen molar-refractivity contribution in [3.63, 3.8) is 0 Å². The number of esters is 1. The predicted octanol–water partition coefficient (Wildman–Crippen LogP) is 4.27. The number of halogens is 2. The zero-order valence-electron chi connectivity index (χ0n) is 11.4. The Labute approximate surface area is 133 Å². The van der Waals surface area contributed by atoms with Crippen molar-refractivity contribution < 1.29 is 14.6 Å². The minimum absolute atomic E-state index is 0.0755. The molecule has 3 nitrogen and oxygen atoms in total. The number of phenolic OH excluding ortho intramolecular Hbond substituents is 1. The zero-order valence-corrected chi connectivity index (χ0v) is 12.9. The van der Waals surface area contributed by atoms with Gasteiger partial charge in [-0.05, 0) is 42.2 Å². The molecule has 21 heavy (non-hydrogen) atoms. The van der Waals surface area contributed by atoms with Crippen LogP contribution in [0.1, 0.15) is 21.5 Å². The van der Waals surface area contributed by atoms with Gasteiger partial charge < -0.3 is 9.84 Å². The first-order valence-corrected chi connectivity index (χ1v) is 7.11. The average Bonchev–Trinajstić information content (AvgIpc) is 2.48. The van der Waals surface area contributed by atoms with Gasteiger partial charge in [0.15, 0.2) is 0 Å². The van der Waals surface area contributed by atoms with E-state index in [4.69, 9.17) is 27.9 Å². The normalized spacial score (nSPS) is 10.4. The van der Waals surface area contributed by atoms with Crippen molar-refractivity contribution >= 4 is 29.2 Å². The molecule has 2 aromatic rings. The highest BCUT2D eigenvalue weighted by Crippen LogP contribution is 2.26. The Hall–Kier alpha value is -1.71. The van der Waals surface area contributed by atoms with E-state index >= 15 is 0 Å². The van der Waals surface area contributed by atoms with E-state index in [0.717, 1.165) is 11.1 Å². The summed E-state index contributed by atoms with van der Waals surface area (Å²) in [6.45, 7) is 0. The molecule has 0 aliphatic carbocycles. The van der Waals surface area contributed by atoms with Crippen molar-refractivity contribution in [3.8, 4) is 5.75 Å². The lowest BCUT2D eigenvalue weighted by atomic mass is 9.99. The molecule has 110 valence electrons. The molecule has 0 heterocycles. The lowest BCUT2D eigenvalue weighted by Crippen LogP contribution is -2.07. The van der Waals surface area contributed by atoms with Crippen LogP contribution in [-0.2, 0) is 17.6 Å². The molecule has 0 unspecified atom stereocenters. The van der Waals surface area contributed by atoms with Crippen LogP contribution in [0.15, 0.2) is 36.4 Å². The number of rotatable bonds is 4. The first kappa shape index (κ1) is 15.7. The maximum Gasteiger partial charge on any atom is 0.341 e. The van der Waals surface area contributed by atoms with Crippen LogP contribution >= 0.6 is 23.2 Å². The number of ether oxygens (including phenoxy) is 1. The monoisotopic (exact) mass is 324 g/mol. The van der Waals surface area contributed by atoms with Gasteiger partial charge in [0.25, 0.3) is 0 Å². The zero-order chi connectivity index (χ0) is 15.4. The summed E-state index contributed by atoms with van der Waals surface area (Å²) < 4.78 is 4.71. The fourth-order valence-corrected chi connectivity index (χ4v) is 2.43. The molecular weight excluding hydrogens is 311 g/mol. The first-order chi connectivity index (χ1) is 10.0. The molecule has 0 spiro atoms. The highest BCUT2D eigenvalue weighted by molar-refractivity contribution is 6.42. The number of hydrogen-bond donors (Lipinski definition) is 1. The van der Waals surface area contributed by atoms with E-state index in [9.17, 15) is 9.90 Å². The lowest BCUT2D eigenvalue weighted by molar-refractivity contribution is 0.0596. The summed E-state index contributed by atoms with van der Waals surface area (Å²) in [6.07, 6.45) is 1.25. The van der Waals surface area contributed by atoms with E-state index in [-0.39, 0.29) is 11.3 Å². The van der Waals surface area contributed by atoms with Crippen LogP contribution in [0.4, 0.5) is 0 Å². The molecule has 1 N–H and O–H groups in total. The number of carbonyl (C=O) groups is 1. The van der Waals surface area contributed by atoms with Crippen LogP contribution in [0.5, 0.6) is 5.75 Å². The second-order valence-electron chi connectivity index (χ2n) is 4.55. The van der Waals surface area contributed by atoms with Gasteiger partial charge in [0.05, 0.1) is 17.2 Å². The average molecular weight is 325 g/mol. The van der Waals surface area contributed by atoms with E-state index in [2.05, 4.69) is 0 Å². The van der Waals surface area contributed by atoms with Gasteiger partial charge >= 0.3 is 5.97 Å². The van der Waals surface area contributed by atoms with E-state index in [1.165, 1.54) is 13.2 Å². The molecule has 0 fully saturated rings. The molecule has 0 atom stereocenters. The van der Waals surface area contributed by atoms with E-state index < -0.39 is 5.97 Å². The molecule has 0 saturated heterocycles. The Morgan fingerprint density at radius 3 is 2.57 bits per heavy atom. The van der Waals surface area contributed by atoms with Gasteiger partial charge in [0.2, 0.25) is 0 Å². The van der Waals surface area contributed by atoms with Gasteiger partial charge in [-0.15, -0.1) is 0 Å². The van der Waals surface area contributed by atoms with Crippen molar-refractivity contribution in [1.82, 2.24) is 0 Å². The topological polar surface area (TPSA) is 46.5 Å². The number of aromatic hydroxyl groups is 1. The first-order valence-electron chi connectivity index (χ1n) is 6.36. The number of methoxy groups -OCH3 is 1. The maximum atomic E-state index is 11.7. The Balaban J connectivity index is 2.22. The number of hydrogen-bond acceptors (Lipinski definition) is 3. The lowest BCUT2D eigenvalue weighted by Gasteiger charge is -2.10. The van der Waals surface area contributed by atoms with Crippen molar-refractivity contribution in [2.75, 3.05) is 7.11 Å². The fourth-order valence-electron chi connectivity index (χ4n) is 2.11. The highest BCUT2D eigenvalue weighted by atomic mass is 35.5. The molecule has 2 rings (SSSR count). The Bertz CT molecular complexity index is 669. The number of carbonyl (C=O) groups excluding carboxylic acids is 1. The minimum Gasteiger partial charge on any atom is -0.507 e. The van der Waals surface area contributed by atoms with Crippen molar-refractivity contribution in [3.05, 3.63) is 63.1 Å². The van der Waals surface area contributed by atoms with Crippen LogP contribution in [0, 0.1) is 0 Å². The summed E-state index contributed by atoms with van der Waals surface area (Å²) in [6, 6.07) is 10.4. The van der Waals surface area contributed by atoms with E-state index in [0.29, 0.717) is 22.9 Å². The third-order valence-corrected chi connectivity index (χ3v) is 3.92. The van der Waals surface area contributed by atoms with Crippen molar-refractivity contribution in [2.24, 2.45) is 0 Å². The number of benzene rings is 2. The summed E-state index contributed by atoms with van der Waals surface area (Å²) in [5, 5.41) is 10.8. The number of phenols is 1. The molecule has 0 aromatic heterocycles. The second kappa shape index (κ2) is 6.83. The Kier molecular flexibility index (Phi) is 5.10. The Morgan fingerprint density at radius 2 is 1.90 bits per heavy atom. The SMILES string of the molecule is COC(=O)c1c(O)cccc1CCc1ccc(Cl)c(Cl)c1. The summed E-state index contributed by atoms with van der Waals surface area (Å²) in [7, 11) is 1.29. The molecule has 0 saturated carbocycles. The number of aryl methyl sites for hydroxylation is 2. The standard InChI is InChI=1S/C16H14Cl2O3/c1-21-16(20)15-11(3-2-4-14(15)19)7-5-10-6-8-12(17)13(18)9-10/h2-4,6,8-9,19H,5,7H2,1H3. The molecule has 5 heteroatoms. The van der Waals surface area contributed by atoms with Gasteiger partial charge in [-0.2, -0.15) is 0 Å². The smallest absolute Gasteiger partial charge is 0.341 e. The van der Waals surface area contributed by atoms with Gasteiger partial charge in [-0.25, -0.2) is 4.79 Å². The second-order valence-corrected chi connectivity index (χ2v) is 5.37. The predicted molar refractivity (Wildman–Crippen MR) is 83.3 cm³/mol. The molecule has 0 aliphatic heterocycles. The maximum absolute atomic E-state index is 11.7. The quantitative estimate of drug-likeness (QED) is 0.854. The van der Waals surface area contributed by atoms with Crippen LogP contribution in [-0.4, -0.2) is 18.2 Å². The summed E-state index contributed by atoms with van der Waals surface area (Å²) in [5.74, 6) is -0.620. The molecule has 0 radical (unpaired) electrons. The van der Waals surface area contributed by atoms with Crippen molar-refractivity contribution in [1.29, 1.82) is 0 Å². The largest absolute Gasteiger partial charge is 0.507 e. The van der Waals surface area contributed by atoms with Gasteiger partial charge in [0.1, 0.15) is 11.3 Å². The van der Waals surface area contributed by atoms with Crippen molar-refractivity contribution in [2.45, 2.75) is 12.8 Å². The van der Waals surface area contributed by atoms with Crippen LogP contribution < -0.4 is 0 Å². The molecule has 0 aliphatic rings. The summed E-state index contributed by atoms with van der Waals surface area (Å²) >= 11 is 11.9. The molecule has 2 aromatic carbocycles. The summed E-state index contributed by atoms with van der Waals surface area (Å²) in [5.41, 5.74) is 1.94. The minimum atomic E-state index is -0.544. The van der Waals surface area contributed by atoms with Gasteiger partial charge in [-0.3, -0.25) is 0 Å². The highest BCUT2D eigenvalue weighted by Gasteiger charge is 2.16. The molecular formula is C16H14Cl2O3. The Morgan fingerprint density at radius 1 is 1.14 bits per heavy atom. The van der Waals surface area contributed by atoms with E-state index in [1.807, 2.05) is 6.07 Å². The van der Waals surface area contributed by atoms with Gasteiger partial charge in [-0.1, -0.05) is 41.4 Å². The van der Waals surface area contributed by atoms with Gasteiger partial charge in [0, 0.05) is 0 Å². The summed E-state index contributed by atoms with van der Waals surface area (Å²) in [4.78, 5) is 11.7. The van der Waals surface area contributed by atoms with E-state index in [1.54, 1.807) is 24.3 Å².